The van der Waals surface area contributed by atoms with Crippen molar-refractivity contribution in [3.63, 3.8) is 0 Å². The summed E-state index contributed by atoms with van der Waals surface area (Å²) < 4.78 is 0. The average Bonchev–Trinajstić information content (AvgIpc) is 2.38. The lowest BCUT2D eigenvalue weighted by atomic mass is 10.2. The molecule has 2 aromatic rings. The number of carbonyl (C=O) groups excluding carboxylic acids is 1. The predicted molar refractivity (Wildman–Crippen MR) is 73.7 cm³/mol. The van der Waals surface area contributed by atoms with Crippen molar-refractivity contribution in [2.24, 2.45) is 0 Å². The fourth-order valence-electron chi connectivity index (χ4n) is 1.79. The fourth-order valence-corrected chi connectivity index (χ4v) is 1.79. The first-order valence-corrected chi connectivity index (χ1v) is 6.06. The number of nitrogens with zero attached hydrogens (tertiary/aromatic N) is 2. The molecule has 0 atom stereocenters. The van der Waals surface area contributed by atoms with Crippen molar-refractivity contribution >= 4 is 11.7 Å². The molecular weight excluding hydrogens is 240 g/mol. The highest BCUT2D eigenvalue weighted by atomic mass is 16.1. The maximum absolute atomic E-state index is 11.9. The SMILES string of the molecule is Cc1cc(C(=O)NCCc2cccnc2)cc(N)n1. The van der Waals surface area contributed by atoms with Crippen LogP contribution in [0, 0.1) is 6.92 Å². The van der Waals surface area contributed by atoms with Crippen molar-refractivity contribution in [1.29, 1.82) is 0 Å². The Kier molecular flexibility index (Phi) is 4.07. The van der Waals surface area contributed by atoms with Crippen molar-refractivity contribution in [3.05, 3.63) is 53.5 Å². The van der Waals surface area contributed by atoms with Crippen LogP contribution in [0.25, 0.3) is 0 Å². The molecule has 3 N–H and O–H groups in total. The van der Waals surface area contributed by atoms with Gasteiger partial charge in [-0.2, -0.15) is 0 Å². The zero-order valence-electron chi connectivity index (χ0n) is 10.8. The second-order valence-corrected chi connectivity index (χ2v) is 4.29. The number of aromatic nitrogens is 2. The first kappa shape index (κ1) is 13.0. The van der Waals surface area contributed by atoms with Gasteiger partial charge in [0.15, 0.2) is 0 Å². The Morgan fingerprint density at radius 2 is 2.26 bits per heavy atom. The Balaban J connectivity index is 1.91. The minimum Gasteiger partial charge on any atom is -0.384 e. The summed E-state index contributed by atoms with van der Waals surface area (Å²) in [6, 6.07) is 7.15. The standard InChI is InChI=1S/C14H16N4O/c1-10-7-12(8-13(15)18-10)14(19)17-6-4-11-3-2-5-16-9-11/h2-3,5,7-9H,4,6H2,1H3,(H2,15,18)(H,17,19). The van der Waals surface area contributed by atoms with E-state index in [1.165, 1.54) is 0 Å². The van der Waals surface area contributed by atoms with Gasteiger partial charge in [-0.05, 0) is 37.1 Å². The molecule has 2 rings (SSSR count). The highest BCUT2D eigenvalue weighted by Crippen LogP contribution is 2.06. The van der Waals surface area contributed by atoms with E-state index >= 15 is 0 Å². The second-order valence-electron chi connectivity index (χ2n) is 4.29. The molecule has 0 aliphatic carbocycles. The van der Waals surface area contributed by atoms with E-state index in [-0.39, 0.29) is 5.91 Å². The average molecular weight is 256 g/mol. The zero-order valence-corrected chi connectivity index (χ0v) is 10.8. The summed E-state index contributed by atoms with van der Waals surface area (Å²) in [4.78, 5) is 20.0. The van der Waals surface area contributed by atoms with Crippen LogP contribution in [0.3, 0.4) is 0 Å². The van der Waals surface area contributed by atoms with Crippen LogP contribution in [0.15, 0.2) is 36.7 Å². The number of nitrogens with two attached hydrogens (primary N) is 1. The fraction of sp³-hybridized carbons (Fsp3) is 0.214. The summed E-state index contributed by atoms with van der Waals surface area (Å²) in [6.45, 7) is 2.37. The summed E-state index contributed by atoms with van der Waals surface area (Å²) >= 11 is 0. The van der Waals surface area contributed by atoms with Crippen LogP contribution in [0.5, 0.6) is 0 Å². The largest absolute Gasteiger partial charge is 0.384 e. The molecular formula is C14H16N4O. The highest BCUT2D eigenvalue weighted by molar-refractivity contribution is 5.94. The normalized spacial score (nSPS) is 10.2. The number of amides is 1. The Labute approximate surface area is 111 Å². The van der Waals surface area contributed by atoms with Crippen molar-refractivity contribution in [3.8, 4) is 0 Å². The lowest BCUT2D eigenvalue weighted by Crippen LogP contribution is -2.26. The quantitative estimate of drug-likeness (QED) is 0.865. The van der Waals surface area contributed by atoms with Gasteiger partial charge in [-0.1, -0.05) is 6.07 Å². The first-order chi connectivity index (χ1) is 9.15. The minimum absolute atomic E-state index is 0.138. The van der Waals surface area contributed by atoms with Gasteiger partial charge in [0.25, 0.3) is 5.91 Å². The summed E-state index contributed by atoms with van der Waals surface area (Å²) in [7, 11) is 0. The summed E-state index contributed by atoms with van der Waals surface area (Å²) in [5.41, 5.74) is 7.98. The van der Waals surface area contributed by atoms with Crippen molar-refractivity contribution in [1.82, 2.24) is 15.3 Å². The van der Waals surface area contributed by atoms with E-state index in [1.54, 1.807) is 24.5 Å². The van der Waals surface area contributed by atoms with E-state index in [0.717, 1.165) is 17.7 Å². The number of pyridine rings is 2. The Hall–Kier alpha value is -2.43. The van der Waals surface area contributed by atoms with Gasteiger partial charge in [0, 0.05) is 30.2 Å². The van der Waals surface area contributed by atoms with Crippen LogP contribution in [-0.2, 0) is 6.42 Å². The lowest BCUT2D eigenvalue weighted by Gasteiger charge is -2.06. The maximum Gasteiger partial charge on any atom is 0.251 e. The molecule has 2 aromatic heterocycles. The van der Waals surface area contributed by atoms with E-state index < -0.39 is 0 Å². The van der Waals surface area contributed by atoms with Gasteiger partial charge >= 0.3 is 0 Å². The zero-order chi connectivity index (χ0) is 13.7. The molecule has 0 radical (unpaired) electrons. The van der Waals surface area contributed by atoms with E-state index in [1.807, 2.05) is 19.1 Å². The molecule has 5 heteroatoms. The first-order valence-electron chi connectivity index (χ1n) is 6.06. The minimum atomic E-state index is -0.138. The molecule has 0 unspecified atom stereocenters. The molecule has 1 amide bonds. The van der Waals surface area contributed by atoms with Gasteiger partial charge in [-0.3, -0.25) is 9.78 Å². The maximum atomic E-state index is 11.9. The van der Waals surface area contributed by atoms with Crippen molar-refractivity contribution < 1.29 is 4.79 Å². The summed E-state index contributed by atoms with van der Waals surface area (Å²) in [5.74, 6) is 0.221. The third-order valence-corrected chi connectivity index (χ3v) is 2.66. The monoisotopic (exact) mass is 256 g/mol. The number of anilines is 1. The van der Waals surface area contributed by atoms with Crippen LogP contribution in [0.4, 0.5) is 5.82 Å². The predicted octanol–water partition coefficient (Wildman–Crippen LogP) is 1.34. The van der Waals surface area contributed by atoms with Crippen LogP contribution in [0.2, 0.25) is 0 Å². The lowest BCUT2D eigenvalue weighted by molar-refractivity contribution is 0.0954. The number of aryl methyl sites for hydroxylation is 1. The van der Waals surface area contributed by atoms with Crippen LogP contribution in [-0.4, -0.2) is 22.4 Å². The molecule has 5 nitrogen and oxygen atoms in total. The second kappa shape index (κ2) is 5.95. The number of carbonyl (C=O) groups is 1. The molecule has 0 saturated carbocycles. The van der Waals surface area contributed by atoms with E-state index in [4.69, 9.17) is 5.73 Å². The number of hydrogen-bond acceptors (Lipinski definition) is 4. The number of rotatable bonds is 4. The van der Waals surface area contributed by atoms with Crippen LogP contribution < -0.4 is 11.1 Å². The molecule has 0 fully saturated rings. The van der Waals surface area contributed by atoms with Gasteiger partial charge in [-0.25, -0.2) is 4.98 Å². The van der Waals surface area contributed by atoms with E-state index in [9.17, 15) is 4.79 Å². The summed E-state index contributed by atoms with van der Waals surface area (Å²) in [6.07, 6.45) is 4.27. The van der Waals surface area contributed by atoms with Crippen molar-refractivity contribution in [2.75, 3.05) is 12.3 Å². The van der Waals surface area contributed by atoms with E-state index in [2.05, 4.69) is 15.3 Å². The summed E-state index contributed by atoms with van der Waals surface area (Å²) in [5, 5.41) is 2.85. The Morgan fingerprint density at radius 1 is 1.42 bits per heavy atom. The number of hydrogen-bond donors (Lipinski definition) is 2. The third-order valence-electron chi connectivity index (χ3n) is 2.66. The third kappa shape index (κ3) is 3.77. The van der Waals surface area contributed by atoms with Crippen molar-refractivity contribution in [2.45, 2.75) is 13.3 Å². The molecule has 0 saturated heterocycles. The number of nitrogens with one attached hydrogen (secondary N) is 1. The molecule has 98 valence electrons. The molecule has 0 aliphatic rings. The van der Waals surface area contributed by atoms with Gasteiger partial charge < -0.3 is 11.1 Å². The number of nitrogen functional groups attached to an aromatic ring is 1. The highest BCUT2D eigenvalue weighted by Gasteiger charge is 2.07. The van der Waals surface area contributed by atoms with Crippen LogP contribution >= 0.6 is 0 Å². The topological polar surface area (TPSA) is 80.9 Å². The molecule has 2 heterocycles. The molecule has 0 spiro atoms. The van der Waals surface area contributed by atoms with E-state index in [0.29, 0.717) is 17.9 Å². The smallest absolute Gasteiger partial charge is 0.251 e. The van der Waals surface area contributed by atoms with Gasteiger partial charge in [0.05, 0.1) is 0 Å². The Morgan fingerprint density at radius 3 is 2.95 bits per heavy atom. The van der Waals surface area contributed by atoms with Gasteiger partial charge in [0.2, 0.25) is 0 Å². The molecule has 0 bridgehead atoms. The molecule has 0 aromatic carbocycles. The molecule has 0 aliphatic heterocycles. The molecule has 19 heavy (non-hydrogen) atoms. The van der Waals surface area contributed by atoms with Crippen LogP contribution in [0.1, 0.15) is 21.6 Å². The Bertz CT molecular complexity index is 549. The van der Waals surface area contributed by atoms with Gasteiger partial charge in [0.1, 0.15) is 5.82 Å². The van der Waals surface area contributed by atoms with Gasteiger partial charge in [-0.15, -0.1) is 0 Å².